The number of hydrogen-bond donors (Lipinski definition) is 1. The Morgan fingerprint density at radius 3 is 2.80 bits per heavy atom. The second kappa shape index (κ2) is 5.90. The van der Waals surface area contributed by atoms with Crippen molar-refractivity contribution in [1.82, 2.24) is 15.2 Å². The lowest BCUT2D eigenvalue weighted by Crippen LogP contribution is -2.40. The molecule has 1 aromatic heterocycles. The van der Waals surface area contributed by atoms with E-state index >= 15 is 0 Å². The van der Waals surface area contributed by atoms with Crippen LogP contribution in [0.25, 0.3) is 10.9 Å². The monoisotopic (exact) mass is 269 g/mol. The topological polar surface area (TPSA) is 28.2 Å². The Morgan fingerprint density at radius 1 is 1.20 bits per heavy atom. The third kappa shape index (κ3) is 3.00. The average molecular weight is 269 g/mol. The largest absolute Gasteiger partial charge is 0.317 e. The summed E-state index contributed by atoms with van der Waals surface area (Å²) in [4.78, 5) is 7.05. The fourth-order valence-electron chi connectivity index (χ4n) is 3.04. The van der Waals surface area contributed by atoms with Gasteiger partial charge < -0.3 is 5.32 Å². The van der Waals surface area contributed by atoms with Crippen LogP contribution in [-0.4, -0.2) is 36.1 Å². The summed E-state index contributed by atoms with van der Waals surface area (Å²) >= 11 is 0. The lowest BCUT2D eigenvalue weighted by molar-refractivity contribution is 0.192. The zero-order valence-corrected chi connectivity index (χ0v) is 12.4. The van der Waals surface area contributed by atoms with Gasteiger partial charge in [0, 0.05) is 23.7 Å². The highest BCUT2D eigenvalue weighted by molar-refractivity contribution is 5.79. The lowest BCUT2D eigenvalue weighted by Gasteiger charge is -2.31. The minimum atomic E-state index is 0.711. The average Bonchev–Trinajstić information content (AvgIpc) is 2.48. The molecule has 1 saturated heterocycles. The number of nitrogens with zero attached hydrogens (tertiary/aromatic N) is 2. The van der Waals surface area contributed by atoms with Crippen LogP contribution in [0.2, 0.25) is 0 Å². The van der Waals surface area contributed by atoms with Gasteiger partial charge in [-0.1, -0.05) is 12.1 Å². The number of aryl methyl sites for hydroxylation is 1. The van der Waals surface area contributed by atoms with Gasteiger partial charge in [0.25, 0.3) is 0 Å². The van der Waals surface area contributed by atoms with Crippen LogP contribution in [0.15, 0.2) is 30.3 Å². The second-order valence-electron chi connectivity index (χ2n) is 5.88. The zero-order valence-electron chi connectivity index (χ0n) is 12.4. The summed E-state index contributed by atoms with van der Waals surface area (Å²) in [5.74, 6) is 0. The third-order valence-corrected chi connectivity index (χ3v) is 4.26. The van der Waals surface area contributed by atoms with Crippen LogP contribution < -0.4 is 5.32 Å². The normalized spacial score (nSPS) is 16.9. The summed E-state index contributed by atoms with van der Waals surface area (Å²) in [7, 11) is 2.24. The van der Waals surface area contributed by atoms with Crippen molar-refractivity contribution in [3.63, 3.8) is 0 Å². The number of pyridine rings is 1. The van der Waals surface area contributed by atoms with Crippen molar-refractivity contribution in [3.8, 4) is 0 Å². The Balaban J connectivity index is 1.75. The first-order valence-corrected chi connectivity index (χ1v) is 7.49. The second-order valence-corrected chi connectivity index (χ2v) is 5.88. The maximum atomic E-state index is 4.56. The molecule has 2 aromatic rings. The quantitative estimate of drug-likeness (QED) is 0.928. The number of piperidine rings is 1. The molecule has 0 radical (unpaired) electrons. The smallest absolute Gasteiger partial charge is 0.0705 e. The number of nitrogens with one attached hydrogen (secondary N) is 1. The predicted molar refractivity (Wildman–Crippen MR) is 83.8 cm³/mol. The van der Waals surface area contributed by atoms with Crippen molar-refractivity contribution in [2.45, 2.75) is 32.4 Å². The maximum Gasteiger partial charge on any atom is 0.0705 e. The number of benzene rings is 1. The van der Waals surface area contributed by atoms with E-state index in [-0.39, 0.29) is 0 Å². The summed E-state index contributed by atoms with van der Waals surface area (Å²) in [5, 5.41) is 4.67. The number of fused-ring (bicyclic) bond motifs is 1. The molecule has 3 rings (SSSR count). The van der Waals surface area contributed by atoms with Crippen LogP contribution in [0, 0.1) is 6.92 Å². The molecule has 0 aliphatic carbocycles. The van der Waals surface area contributed by atoms with E-state index in [1.807, 2.05) is 6.92 Å². The maximum absolute atomic E-state index is 4.56. The van der Waals surface area contributed by atoms with Gasteiger partial charge in [-0.15, -0.1) is 0 Å². The zero-order chi connectivity index (χ0) is 13.9. The highest BCUT2D eigenvalue weighted by atomic mass is 15.1. The van der Waals surface area contributed by atoms with E-state index in [1.54, 1.807) is 0 Å². The first-order chi connectivity index (χ1) is 9.72. The van der Waals surface area contributed by atoms with Crippen LogP contribution in [-0.2, 0) is 6.54 Å². The SMILES string of the molecule is Cc1ccc2cc(CN(C)C3CCNCC3)ccc2n1. The van der Waals surface area contributed by atoms with Gasteiger partial charge in [0.05, 0.1) is 5.52 Å². The van der Waals surface area contributed by atoms with E-state index in [1.165, 1.54) is 23.8 Å². The molecular formula is C17H23N3. The Labute approximate surface area is 121 Å². The molecule has 3 heteroatoms. The number of aromatic nitrogens is 1. The van der Waals surface area contributed by atoms with Gasteiger partial charge in [-0.05, 0) is 63.7 Å². The molecule has 0 saturated carbocycles. The minimum Gasteiger partial charge on any atom is -0.317 e. The van der Waals surface area contributed by atoms with Gasteiger partial charge in [0.1, 0.15) is 0 Å². The molecule has 0 unspecified atom stereocenters. The van der Waals surface area contributed by atoms with E-state index in [0.29, 0.717) is 6.04 Å². The summed E-state index contributed by atoms with van der Waals surface area (Å²) in [6.07, 6.45) is 2.51. The lowest BCUT2D eigenvalue weighted by atomic mass is 10.0. The molecule has 0 amide bonds. The number of hydrogen-bond acceptors (Lipinski definition) is 3. The van der Waals surface area contributed by atoms with E-state index in [4.69, 9.17) is 0 Å². The van der Waals surface area contributed by atoms with Crippen LogP contribution >= 0.6 is 0 Å². The molecule has 1 aromatic carbocycles. The van der Waals surface area contributed by atoms with Crippen molar-refractivity contribution in [1.29, 1.82) is 0 Å². The van der Waals surface area contributed by atoms with Crippen molar-refractivity contribution in [3.05, 3.63) is 41.6 Å². The van der Waals surface area contributed by atoms with Crippen molar-refractivity contribution >= 4 is 10.9 Å². The van der Waals surface area contributed by atoms with Crippen LogP contribution in [0.3, 0.4) is 0 Å². The third-order valence-electron chi connectivity index (χ3n) is 4.26. The molecule has 2 heterocycles. The molecular weight excluding hydrogens is 246 g/mol. The molecule has 20 heavy (non-hydrogen) atoms. The summed E-state index contributed by atoms with van der Waals surface area (Å²) < 4.78 is 0. The highest BCUT2D eigenvalue weighted by Gasteiger charge is 2.17. The molecule has 3 nitrogen and oxygen atoms in total. The van der Waals surface area contributed by atoms with Gasteiger partial charge in [0.2, 0.25) is 0 Å². The molecule has 1 N–H and O–H groups in total. The molecule has 1 fully saturated rings. The van der Waals surface area contributed by atoms with Crippen LogP contribution in [0.1, 0.15) is 24.1 Å². The fourth-order valence-corrected chi connectivity index (χ4v) is 3.04. The van der Waals surface area contributed by atoms with Crippen molar-refractivity contribution in [2.24, 2.45) is 0 Å². The minimum absolute atomic E-state index is 0.711. The number of rotatable bonds is 3. The highest BCUT2D eigenvalue weighted by Crippen LogP contribution is 2.18. The van der Waals surface area contributed by atoms with E-state index < -0.39 is 0 Å². The Kier molecular flexibility index (Phi) is 3.99. The van der Waals surface area contributed by atoms with E-state index in [9.17, 15) is 0 Å². The van der Waals surface area contributed by atoms with Crippen molar-refractivity contribution < 1.29 is 0 Å². The van der Waals surface area contributed by atoms with E-state index in [0.717, 1.165) is 30.8 Å². The summed E-state index contributed by atoms with van der Waals surface area (Å²) in [6.45, 7) is 5.36. The molecule has 0 spiro atoms. The summed E-state index contributed by atoms with van der Waals surface area (Å²) in [5.41, 5.74) is 3.56. The fraction of sp³-hybridized carbons (Fsp3) is 0.471. The first kappa shape index (κ1) is 13.5. The van der Waals surface area contributed by atoms with Gasteiger partial charge in [-0.2, -0.15) is 0 Å². The molecule has 0 atom stereocenters. The van der Waals surface area contributed by atoms with E-state index in [2.05, 4.69) is 52.6 Å². The molecule has 1 aliphatic heterocycles. The van der Waals surface area contributed by atoms with Gasteiger partial charge in [-0.25, -0.2) is 0 Å². The Morgan fingerprint density at radius 2 is 2.00 bits per heavy atom. The predicted octanol–water partition coefficient (Wildman–Crippen LogP) is 2.73. The molecule has 0 bridgehead atoms. The van der Waals surface area contributed by atoms with Gasteiger partial charge in [0.15, 0.2) is 0 Å². The molecule has 106 valence electrons. The Hall–Kier alpha value is -1.45. The van der Waals surface area contributed by atoms with Gasteiger partial charge >= 0.3 is 0 Å². The first-order valence-electron chi connectivity index (χ1n) is 7.49. The standard InChI is InChI=1S/C17H23N3/c1-13-3-5-15-11-14(4-6-17(15)19-13)12-20(2)16-7-9-18-10-8-16/h3-6,11,16,18H,7-10,12H2,1-2H3. The van der Waals surface area contributed by atoms with Crippen molar-refractivity contribution in [2.75, 3.05) is 20.1 Å². The summed E-state index contributed by atoms with van der Waals surface area (Å²) in [6, 6.07) is 11.6. The van der Waals surface area contributed by atoms with Crippen LogP contribution in [0.5, 0.6) is 0 Å². The Bertz CT molecular complexity index is 588. The molecule has 1 aliphatic rings. The van der Waals surface area contributed by atoms with Gasteiger partial charge in [-0.3, -0.25) is 9.88 Å². The van der Waals surface area contributed by atoms with Crippen LogP contribution in [0.4, 0.5) is 0 Å².